The zero-order chi connectivity index (χ0) is 18.2. The molecule has 6 nitrogen and oxygen atoms in total. The van der Waals surface area contributed by atoms with Crippen LogP contribution in [0, 0.1) is 5.82 Å². The Morgan fingerprint density at radius 1 is 1.12 bits per heavy atom. The molecule has 4 N–H and O–H groups in total. The summed E-state index contributed by atoms with van der Waals surface area (Å²) in [6.45, 7) is 0.412. The second kappa shape index (κ2) is 8.89. The monoisotopic (exact) mass is 347 g/mol. The molecule has 0 aliphatic carbocycles. The van der Waals surface area contributed by atoms with E-state index in [1.165, 1.54) is 6.07 Å². The number of benzene rings is 2. The highest BCUT2D eigenvalue weighted by Crippen LogP contribution is 2.27. The van der Waals surface area contributed by atoms with Crippen LogP contribution in [-0.2, 0) is 19.7 Å². The van der Waals surface area contributed by atoms with Crippen LogP contribution in [0.4, 0.5) is 4.39 Å². The lowest BCUT2D eigenvalue weighted by molar-refractivity contribution is 0.275. The summed E-state index contributed by atoms with van der Waals surface area (Å²) < 4.78 is 23.8. The molecule has 0 spiro atoms. The van der Waals surface area contributed by atoms with Gasteiger partial charge in [-0.1, -0.05) is 12.1 Å². The van der Waals surface area contributed by atoms with Crippen LogP contribution in [0.1, 0.15) is 16.7 Å². The van der Waals surface area contributed by atoms with Crippen molar-refractivity contribution in [2.45, 2.75) is 19.7 Å². The van der Waals surface area contributed by atoms with Crippen LogP contribution in [0.15, 0.2) is 41.4 Å². The molecule has 2 rings (SSSR count). The number of halogens is 1. The van der Waals surface area contributed by atoms with E-state index in [2.05, 4.69) is 10.3 Å². The number of methoxy groups -OCH3 is 2. The lowest BCUT2D eigenvalue weighted by Crippen LogP contribution is -2.31. The first-order valence-electron chi connectivity index (χ1n) is 7.70. The van der Waals surface area contributed by atoms with Gasteiger partial charge in [-0.15, -0.1) is 0 Å². The number of nitrogens with one attached hydrogen (secondary N) is 1. The first-order chi connectivity index (χ1) is 12.1. The molecular formula is C18H22FN3O3. The van der Waals surface area contributed by atoms with Crippen LogP contribution in [-0.4, -0.2) is 25.3 Å². The first-order valence-corrected chi connectivity index (χ1v) is 7.70. The molecule has 0 atom stereocenters. The molecule has 2 aromatic carbocycles. The molecule has 0 aliphatic heterocycles. The zero-order valence-electron chi connectivity index (χ0n) is 14.3. The van der Waals surface area contributed by atoms with Crippen molar-refractivity contribution in [3.8, 4) is 11.5 Å². The molecule has 0 radical (unpaired) electrons. The fourth-order valence-corrected chi connectivity index (χ4v) is 2.26. The summed E-state index contributed by atoms with van der Waals surface area (Å²) in [6, 6.07) is 10.1. The summed E-state index contributed by atoms with van der Waals surface area (Å²) in [5.74, 6) is 1.13. The minimum Gasteiger partial charge on any atom is -0.493 e. The first kappa shape index (κ1) is 18.5. The predicted molar refractivity (Wildman–Crippen MR) is 94.0 cm³/mol. The maximum atomic E-state index is 13.3. The van der Waals surface area contributed by atoms with Gasteiger partial charge in [-0.05, 0) is 35.4 Å². The Labute approximate surface area is 146 Å². The van der Waals surface area contributed by atoms with Gasteiger partial charge in [0.1, 0.15) is 5.82 Å². The van der Waals surface area contributed by atoms with E-state index in [1.54, 1.807) is 26.4 Å². The van der Waals surface area contributed by atoms with Crippen LogP contribution < -0.4 is 20.5 Å². The standard InChI is InChI=1S/C18H22FN3O3/c1-24-16-6-4-13(8-17(16)25-2)10-22-18(20)21-9-12-3-5-15(19)14(7-12)11-23/h3-8,23H,9-11H2,1-2H3,(H3,20,21,22). The Morgan fingerprint density at radius 3 is 2.52 bits per heavy atom. The third-order valence-electron chi connectivity index (χ3n) is 3.63. The maximum Gasteiger partial charge on any atom is 0.189 e. The van der Waals surface area contributed by atoms with Crippen LogP contribution in [0.3, 0.4) is 0 Å². The molecule has 0 aromatic heterocycles. The number of guanidine groups is 1. The number of ether oxygens (including phenoxy) is 2. The van der Waals surface area contributed by atoms with Crippen LogP contribution in [0.25, 0.3) is 0 Å². The Hall–Kier alpha value is -2.80. The van der Waals surface area contributed by atoms with Crippen molar-refractivity contribution in [1.82, 2.24) is 5.32 Å². The van der Waals surface area contributed by atoms with Crippen LogP contribution in [0.5, 0.6) is 11.5 Å². The molecule has 0 bridgehead atoms. The van der Waals surface area contributed by atoms with E-state index >= 15 is 0 Å². The van der Waals surface area contributed by atoms with E-state index < -0.39 is 5.82 Å². The largest absolute Gasteiger partial charge is 0.493 e. The van der Waals surface area contributed by atoms with Crippen LogP contribution in [0.2, 0.25) is 0 Å². The average molecular weight is 347 g/mol. The molecule has 0 amide bonds. The summed E-state index contributed by atoms with van der Waals surface area (Å²) in [7, 11) is 3.16. The lowest BCUT2D eigenvalue weighted by atomic mass is 10.1. The Morgan fingerprint density at radius 2 is 1.84 bits per heavy atom. The number of aliphatic hydroxyl groups excluding tert-OH is 1. The Balaban J connectivity index is 1.95. The number of aliphatic hydroxyl groups is 1. The van der Waals surface area contributed by atoms with E-state index in [1.807, 2.05) is 18.2 Å². The van der Waals surface area contributed by atoms with Crippen LogP contribution >= 0.6 is 0 Å². The molecule has 0 saturated carbocycles. The molecule has 0 heterocycles. The smallest absolute Gasteiger partial charge is 0.189 e. The molecule has 2 aromatic rings. The third kappa shape index (κ3) is 5.09. The molecular weight excluding hydrogens is 325 g/mol. The highest BCUT2D eigenvalue weighted by molar-refractivity contribution is 5.77. The summed E-state index contributed by atoms with van der Waals surface area (Å²) in [5.41, 5.74) is 7.82. The van der Waals surface area contributed by atoms with Gasteiger partial charge < -0.3 is 25.6 Å². The molecule has 0 unspecified atom stereocenters. The van der Waals surface area contributed by atoms with Gasteiger partial charge >= 0.3 is 0 Å². The van der Waals surface area contributed by atoms with E-state index in [4.69, 9.17) is 20.3 Å². The van der Waals surface area contributed by atoms with E-state index in [9.17, 15) is 4.39 Å². The van der Waals surface area contributed by atoms with Crippen molar-refractivity contribution in [2.75, 3.05) is 14.2 Å². The van der Waals surface area contributed by atoms with Gasteiger partial charge in [0.05, 0.1) is 27.4 Å². The number of aliphatic imine (C=N–C) groups is 1. The van der Waals surface area contributed by atoms with Gasteiger partial charge in [0, 0.05) is 12.1 Å². The van der Waals surface area contributed by atoms with Gasteiger partial charge in [0.15, 0.2) is 17.5 Å². The second-order valence-corrected chi connectivity index (χ2v) is 5.33. The summed E-state index contributed by atoms with van der Waals surface area (Å²) in [4.78, 5) is 4.21. The summed E-state index contributed by atoms with van der Waals surface area (Å²) >= 11 is 0. The predicted octanol–water partition coefficient (Wildman–Crippen LogP) is 1.94. The van der Waals surface area contributed by atoms with Crippen molar-refractivity contribution in [3.05, 3.63) is 58.9 Å². The second-order valence-electron chi connectivity index (χ2n) is 5.33. The Kier molecular flexibility index (Phi) is 6.59. The summed E-state index contributed by atoms with van der Waals surface area (Å²) in [5, 5.41) is 12.1. The number of nitrogens with zero attached hydrogens (tertiary/aromatic N) is 1. The van der Waals surface area contributed by atoms with Gasteiger partial charge in [0.25, 0.3) is 0 Å². The number of hydrogen-bond acceptors (Lipinski definition) is 4. The minimum atomic E-state index is -0.435. The fraction of sp³-hybridized carbons (Fsp3) is 0.278. The average Bonchev–Trinajstić information content (AvgIpc) is 2.65. The van der Waals surface area contributed by atoms with E-state index in [0.717, 1.165) is 11.1 Å². The quantitative estimate of drug-likeness (QED) is 0.526. The molecule has 134 valence electrons. The maximum absolute atomic E-state index is 13.3. The minimum absolute atomic E-state index is 0.240. The topological polar surface area (TPSA) is 89.1 Å². The van der Waals surface area contributed by atoms with Crippen molar-refractivity contribution in [3.63, 3.8) is 0 Å². The van der Waals surface area contributed by atoms with Crippen molar-refractivity contribution in [2.24, 2.45) is 10.7 Å². The molecule has 0 fully saturated rings. The fourth-order valence-electron chi connectivity index (χ4n) is 2.26. The van der Waals surface area contributed by atoms with Gasteiger partial charge in [-0.25, -0.2) is 9.38 Å². The normalized spacial score (nSPS) is 11.3. The van der Waals surface area contributed by atoms with E-state index in [-0.39, 0.29) is 24.7 Å². The molecule has 0 saturated heterocycles. The number of nitrogens with two attached hydrogens (primary N) is 1. The number of hydrogen-bond donors (Lipinski definition) is 3. The highest BCUT2D eigenvalue weighted by atomic mass is 19.1. The van der Waals surface area contributed by atoms with Crippen molar-refractivity contribution < 1.29 is 19.0 Å². The SMILES string of the molecule is COc1ccc(CNC(N)=NCc2ccc(F)c(CO)c2)cc1OC. The van der Waals surface area contributed by atoms with Crippen molar-refractivity contribution in [1.29, 1.82) is 0 Å². The molecule has 25 heavy (non-hydrogen) atoms. The molecule has 0 aliphatic rings. The van der Waals surface area contributed by atoms with Crippen molar-refractivity contribution >= 4 is 5.96 Å². The van der Waals surface area contributed by atoms with Gasteiger partial charge in [0.2, 0.25) is 0 Å². The summed E-state index contributed by atoms with van der Waals surface area (Å²) in [6.07, 6.45) is 0. The lowest BCUT2D eigenvalue weighted by Gasteiger charge is -2.10. The van der Waals surface area contributed by atoms with Gasteiger partial charge in [-0.3, -0.25) is 0 Å². The van der Waals surface area contributed by atoms with E-state index in [0.29, 0.717) is 18.0 Å². The molecule has 7 heteroatoms. The highest BCUT2D eigenvalue weighted by Gasteiger charge is 2.05. The number of rotatable bonds is 7. The zero-order valence-corrected chi connectivity index (χ0v) is 14.3. The van der Waals surface area contributed by atoms with Gasteiger partial charge in [-0.2, -0.15) is 0 Å². The third-order valence-corrected chi connectivity index (χ3v) is 3.63. The Bertz CT molecular complexity index is 750.